The van der Waals surface area contributed by atoms with Crippen molar-refractivity contribution in [3.8, 4) is 22.3 Å². The van der Waals surface area contributed by atoms with Crippen molar-refractivity contribution in [1.82, 2.24) is 0 Å². The molecule has 4 bridgehead atoms. The number of anilines is 6. The fourth-order valence-electron chi connectivity index (χ4n) is 13.7. The SMILES string of the molecule is Cc1cc(N(c2cc(C)c(C)c(C)c2)c2cc3c(c4oc5ccccc5c24)-c2c4cc(c5c2oc2ccccc25)N(c2cc(C)c(C)c(C)c2)c2cc(C)c(C)c(C)c2-c2ccccc2C34c2ccccc2)cc(C)c1C. The number of fused-ring (bicyclic) bond motifs is 11. The standard InChI is InChI=1S/C73H62N2O2/c1-39-30-52(31-40(2)46(39)8)74(53-32-41(3)47(9)42(4)33-53)62-37-59-69(71-67(62)56-25-17-20-28-64(56)76-71)70-60-38-63(68-57-26-18-21-29-65(57)77-72(68)70)75(54-34-43(5)48(10)44(6)35-54)61-36-45(7)49(11)50(12)66(61)55-24-16-19-27-58(55)73(59,60)51-22-14-13-15-23-51/h13-38H,1-12H3. The van der Waals surface area contributed by atoms with Crippen molar-refractivity contribution in [3.05, 3.63) is 247 Å². The first-order valence-electron chi connectivity index (χ1n) is 27.2. The van der Waals surface area contributed by atoms with Gasteiger partial charge in [0.2, 0.25) is 0 Å². The lowest BCUT2D eigenvalue weighted by Crippen LogP contribution is -2.29. The van der Waals surface area contributed by atoms with E-state index in [9.17, 15) is 0 Å². The summed E-state index contributed by atoms with van der Waals surface area (Å²) in [6.45, 7) is 27.1. The normalized spacial score (nSPS) is 14.5. The molecule has 10 aromatic carbocycles. The molecule has 376 valence electrons. The first-order chi connectivity index (χ1) is 37.2. The zero-order valence-corrected chi connectivity index (χ0v) is 46.2. The third-order valence-electron chi connectivity index (χ3n) is 18.5. The zero-order valence-electron chi connectivity index (χ0n) is 46.2. The van der Waals surface area contributed by atoms with Gasteiger partial charge in [0.1, 0.15) is 22.3 Å². The molecule has 3 heterocycles. The summed E-state index contributed by atoms with van der Waals surface area (Å²) in [6, 6.07) is 59.7. The van der Waals surface area contributed by atoms with Crippen LogP contribution in [-0.2, 0) is 5.41 Å². The van der Waals surface area contributed by atoms with E-state index in [0.29, 0.717) is 0 Å². The van der Waals surface area contributed by atoms with Gasteiger partial charge in [-0.05, 0) is 244 Å². The Morgan fingerprint density at radius 1 is 0.377 bits per heavy atom. The van der Waals surface area contributed by atoms with E-state index in [0.717, 1.165) is 100 Å². The number of hydrogen-bond donors (Lipinski definition) is 0. The topological polar surface area (TPSA) is 32.8 Å². The molecule has 0 fully saturated rings. The van der Waals surface area contributed by atoms with E-state index in [2.05, 4.69) is 251 Å². The van der Waals surface area contributed by atoms with E-state index < -0.39 is 5.41 Å². The highest BCUT2D eigenvalue weighted by molar-refractivity contribution is 6.25. The number of nitrogens with zero attached hydrogens (tertiary/aromatic N) is 2. The Kier molecular flexibility index (Phi) is 10.2. The second-order valence-electron chi connectivity index (χ2n) is 22.5. The van der Waals surface area contributed by atoms with Gasteiger partial charge in [-0.2, -0.15) is 0 Å². The maximum atomic E-state index is 7.59. The van der Waals surface area contributed by atoms with Crippen molar-refractivity contribution < 1.29 is 8.83 Å². The quantitative estimate of drug-likeness (QED) is 0.172. The van der Waals surface area contributed by atoms with Gasteiger partial charge >= 0.3 is 0 Å². The molecule has 0 radical (unpaired) electrons. The van der Waals surface area contributed by atoms with Crippen LogP contribution >= 0.6 is 0 Å². The van der Waals surface area contributed by atoms with Crippen molar-refractivity contribution >= 4 is 78.0 Å². The van der Waals surface area contributed by atoms with Gasteiger partial charge in [-0.3, -0.25) is 0 Å². The van der Waals surface area contributed by atoms with Gasteiger partial charge < -0.3 is 18.6 Å². The Balaban J connectivity index is 1.27. The molecule has 77 heavy (non-hydrogen) atoms. The van der Waals surface area contributed by atoms with Crippen LogP contribution < -0.4 is 9.80 Å². The molecule has 1 unspecified atom stereocenters. The molecule has 1 aliphatic heterocycles. The second-order valence-corrected chi connectivity index (χ2v) is 22.5. The van der Waals surface area contributed by atoms with Crippen LogP contribution in [0.25, 0.3) is 66.1 Å². The average Bonchev–Trinajstić information content (AvgIpc) is 4.07. The minimum Gasteiger partial charge on any atom is -0.455 e. The van der Waals surface area contributed by atoms with E-state index in [4.69, 9.17) is 8.83 Å². The fraction of sp³-hybridized carbons (Fsp3) is 0.178. The summed E-state index contributed by atoms with van der Waals surface area (Å²) in [4.78, 5) is 5.11. The van der Waals surface area contributed by atoms with Crippen LogP contribution in [0.3, 0.4) is 0 Å². The summed E-state index contributed by atoms with van der Waals surface area (Å²) >= 11 is 0. The minimum absolute atomic E-state index is 0.842. The molecule has 4 nitrogen and oxygen atoms in total. The van der Waals surface area contributed by atoms with Crippen molar-refractivity contribution in [2.75, 3.05) is 9.80 Å². The van der Waals surface area contributed by atoms with E-state index in [1.807, 2.05) is 0 Å². The van der Waals surface area contributed by atoms with Gasteiger partial charge in [0.25, 0.3) is 0 Å². The Morgan fingerprint density at radius 3 is 1.43 bits per heavy atom. The van der Waals surface area contributed by atoms with E-state index >= 15 is 0 Å². The van der Waals surface area contributed by atoms with Crippen LogP contribution in [0.5, 0.6) is 0 Å². The number of furan rings is 2. The number of benzene rings is 10. The van der Waals surface area contributed by atoms with Crippen molar-refractivity contribution in [1.29, 1.82) is 0 Å². The number of para-hydroxylation sites is 2. The van der Waals surface area contributed by atoms with Gasteiger partial charge in [0.15, 0.2) is 0 Å². The van der Waals surface area contributed by atoms with Crippen molar-refractivity contribution in [2.24, 2.45) is 0 Å². The van der Waals surface area contributed by atoms with Crippen LogP contribution in [-0.4, -0.2) is 0 Å². The van der Waals surface area contributed by atoms with Crippen LogP contribution in [0.4, 0.5) is 34.1 Å². The lowest BCUT2D eigenvalue weighted by Gasteiger charge is -2.36. The molecular weight excluding hydrogens is 937 g/mol. The first-order valence-corrected chi connectivity index (χ1v) is 27.2. The van der Waals surface area contributed by atoms with Crippen molar-refractivity contribution in [3.63, 3.8) is 0 Å². The van der Waals surface area contributed by atoms with Crippen LogP contribution in [0.2, 0.25) is 0 Å². The Labute approximate surface area is 451 Å². The smallest absolute Gasteiger partial charge is 0.145 e. The number of rotatable bonds is 5. The highest BCUT2D eigenvalue weighted by Crippen LogP contribution is 2.66. The maximum Gasteiger partial charge on any atom is 0.145 e. The van der Waals surface area contributed by atoms with Crippen LogP contribution in [0.15, 0.2) is 167 Å². The predicted octanol–water partition coefficient (Wildman–Crippen LogP) is 20.5. The highest BCUT2D eigenvalue weighted by atomic mass is 16.3. The molecule has 0 saturated carbocycles. The summed E-state index contributed by atoms with van der Waals surface area (Å²) in [5, 5.41) is 4.27. The predicted molar refractivity (Wildman–Crippen MR) is 324 cm³/mol. The summed E-state index contributed by atoms with van der Waals surface area (Å²) in [7, 11) is 0. The largest absolute Gasteiger partial charge is 0.455 e. The lowest BCUT2D eigenvalue weighted by molar-refractivity contribution is 0.665. The number of hydrogen-bond acceptors (Lipinski definition) is 4. The Hall–Kier alpha value is -8.60. The Bertz CT molecular complexity index is 4420. The zero-order chi connectivity index (χ0) is 53.1. The molecule has 12 aromatic rings. The Morgan fingerprint density at radius 2 is 0.844 bits per heavy atom. The third kappa shape index (κ3) is 6.39. The third-order valence-corrected chi connectivity index (χ3v) is 18.5. The summed E-state index contributed by atoms with van der Waals surface area (Å²) < 4.78 is 15.2. The molecule has 0 N–H and O–H groups in total. The molecule has 2 aromatic heterocycles. The van der Waals surface area contributed by atoms with Gasteiger partial charge in [0.05, 0.1) is 33.2 Å². The summed E-state index contributed by atoms with van der Waals surface area (Å²) in [5.41, 5.74) is 33.5. The van der Waals surface area contributed by atoms with Crippen LogP contribution in [0, 0.1) is 83.1 Å². The number of aryl methyl sites for hydroxylation is 7. The van der Waals surface area contributed by atoms with Crippen molar-refractivity contribution in [2.45, 2.75) is 88.5 Å². The van der Waals surface area contributed by atoms with Gasteiger partial charge in [-0.25, -0.2) is 0 Å². The molecule has 0 saturated heterocycles. The molecule has 0 amide bonds. The lowest BCUT2D eigenvalue weighted by atomic mass is 9.65. The average molecular weight is 999 g/mol. The molecular formula is C73H62N2O2. The van der Waals surface area contributed by atoms with Crippen LogP contribution in [0.1, 0.15) is 89.0 Å². The summed E-state index contributed by atoms with van der Waals surface area (Å²) in [6.07, 6.45) is 0. The molecule has 0 spiro atoms. The van der Waals surface area contributed by atoms with E-state index in [1.54, 1.807) is 0 Å². The monoisotopic (exact) mass is 998 g/mol. The first kappa shape index (κ1) is 46.9. The molecule has 4 heteroatoms. The van der Waals surface area contributed by atoms with Gasteiger partial charge in [-0.1, -0.05) is 91.0 Å². The second kappa shape index (κ2) is 16.7. The highest BCUT2D eigenvalue weighted by Gasteiger charge is 2.52. The van der Waals surface area contributed by atoms with E-state index in [1.165, 1.54) is 89.0 Å². The van der Waals surface area contributed by atoms with Gasteiger partial charge in [-0.15, -0.1) is 0 Å². The minimum atomic E-state index is -0.909. The summed E-state index contributed by atoms with van der Waals surface area (Å²) in [5.74, 6) is 0. The maximum absolute atomic E-state index is 7.59. The molecule has 2 aliphatic rings. The van der Waals surface area contributed by atoms with E-state index in [-0.39, 0.29) is 0 Å². The molecule has 14 rings (SSSR count). The molecule has 1 aliphatic carbocycles. The molecule has 1 atom stereocenters. The fourth-order valence-corrected chi connectivity index (χ4v) is 13.7. The van der Waals surface area contributed by atoms with Gasteiger partial charge in [0, 0.05) is 44.5 Å².